The maximum Gasteiger partial charge on any atom is 0.126 e. The molecule has 0 radical (unpaired) electrons. The number of aryl methyl sites for hydroxylation is 1. The first-order valence-electron chi connectivity index (χ1n) is 7.38. The molecule has 1 atom stereocenters. The predicted molar refractivity (Wildman–Crippen MR) is 76.8 cm³/mol. The Labute approximate surface area is 114 Å². The van der Waals surface area contributed by atoms with E-state index in [0.29, 0.717) is 6.04 Å². The van der Waals surface area contributed by atoms with E-state index in [1.54, 1.807) is 6.07 Å². The molecule has 0 bridgehead atoms. The summed E-state index contributed by atoms with van der Waals surface area (Å²) in [6.07, 6.45) is 5.22. The second-order valence-electron chi connectivity index (χ2n) is 6.28. The third kappa shape index (κ3) is 2.76. The van der Waals surface area contributed by atoms with Crippen LogP contribution in [0.15, 0.2) is 12.1 Å². The van der Waals surface area contributed by atoms with Crippen molar-refractivity contribution in [1.82, 2.24) is 0 Å². The quantitative estimate of drug-likeness (QED) is 0.879. The van der Waals surface area contributed by atoms with Gasteiger partial charge in [-0.3, -0.25) is 0 Å². The fraction of sp³-hybridized carbons (Fsp3) is 0.625. The molecule has 0 saturated heterocycles. The molecule has 0 unspecified atom stereocenters. The van der Waals surface area contributed by atoms with Crippen LogP contribution in [0.5, 0.6) is 0 Å². The smallest absolute Gasteiger partial charge is 0.126 e. The second kappa shape index (κ2) is 4.78. The van der Waals surface area contributed by atoms with Gasteiger partial charge in [-0.1, -0.05) is 0 Å². The Morgan fingerprint density at radius 1 is 1.32 bits per heavy atom. The molecule has 2 aliphatic rings. The predicted octanol–water partition coefficient (Wildman–Crippen LogP) is 3.53. The molecule has 2 fully saturated rings. The monoisotopic (exact) mass is 262 g/mol. The summed E-state index contributed by atoms with van der Waals surface area (Å²) in [7, 11) is 0. The average Bonchev–Trinajstić information content (AvgIpc) is 3.23. The summed E-state index contributed by atoms with van der Waals surface area (Å²) in [6, 6.07) is 4.17. The molecule has 2 saturated carbocycles. The summed E-state index contributed by atoms with van der Waals surface area (Å²) in [5.74, 6) is 0.699. The summed E-state index contributed by atoms with van der Waals surface area (Å²) in [6.45, 7) is 4.90. The fourth-order valence-corrected chi connectivity index (χ4v) is 2.70. The Hall–Kier alpha value is -1.09. The lowest BCUT2D eigenvalue weighted by Crippen LogP contribution is -2.30. The number of hydrogen-bond acceptors (Lipinski definition) is 2. The van der Waals surface area contributed by atoms with Crippen molar-refractivity contribution in [2.24, 2.45) is 11.7 Å². The number of benzene rings is 1. The van der Waals surface area contributed by atoms with E-state index < -0.39 is 0 Å². The van der Waals surface area contributed by atoms with E-state index in [9.17, 15) is 4.39 Å². The molecule has 104 valence electrons. The van der Waals surface area contributed by atoms with Gasteiger partial charge >= 0.3 is 0 Å². The SMILES string of the molecule is Cc1cc(N(CC2CC2)C2CC2)c([C@H](C)N)cc1F. The van der Waals surface area contributed by atoms with E-state index in [0.717, 1.165) is 23.6 Å². The minimum absolute atomic E-state index is 0.120. The molecular formula is C16H23FN2. The van der Waals surface area contributed by atoms with Crippen LogP contribution in [0.4, 0.5) is 10.1 Å². The van der Waals surface area contributed by atoms with Crippen molar-refractivity contribution in [2.45, 2.75) is 51.6 Å². The van der Waals surface area contributed by atoms with E-state index in [1.807, 2.05) is 19.9 Å². The highest BCUT2D eigenvalue weighted by Crippen LogP contribution is 2.40. The van der Waals surface area contributed by atoms with Gasteiger partial charge in [0.2, 0.25) is 0 Å². The molecular weight excluding hydrogens is 239 g/mol. The lowest BCUT2D eigenvalue weighted by molar-refractivity contribution is 0.611. The van der Waals surface area contributed by atoms with Gasteiger partial charge in [0.05, 0.1) is 0 Å². The molecule has 0 aliphatic heterocycles. The van der Waals surface area contributed by atoms with Crippen LogP contribution in [-0.4, -0.2) is 12.6 Å². The molecule has 1 aromatic carbocycles. The fourth-order valence-electron chi connectivity index (χ4n) is 2.70. The van der Waals surface area contributed by atoms with Crippen molar-refractivity contribution >= 4 is 5.69 Å². The van der Waals surface area contributed by atoms with Crippen molar-refractivity contribution < 1.29 is 4.39 Å². The van der Waals surface area contributed by atoms with Gasteiger partial charge in [-0.15, -0.1) is 0 Å². The van der Waals surface area contributed by atoms with Crippen LogP contribution in [0.3, 0.4) is 0 Å². The second-order valence-corrected chi connectivity index (χ2v) is 6.28. The highest BCUT2D eigenvalue weighted by molar-refractivity contribution is 5.58. The van der Waals surface area contributed by atoms with Crippen LogP contribution in [0.1, 0.15) is 49.8 Å². The first-order valence-corrected chi connectivity index (χ1v) is 7.38. The zero-order valence-electron chi connectivity index (χ0n) is 11.8. The van der Waals surface area contributed by atoms with Crippen LogP contribution in [0.2, 0.25) is 0 Å². The molecule has 3 heteroatoms. The van der Waals surface area contributed by atoms with Crippen LogP contribution in [0.25, 0.3) is 0 Å². The maximum atomic E-state index is 13.8. The molecule has 19 heavy (non-hydrogen) atoms. The minimum Gasteiger partial charge on any atom is -0.368 e. The van der Waals surface area contributed by atoms with Gasteiger partial charge < -0.3 is 10.6 Å². The summed E-state index contributed by atoms with van der Waals surface area (Å²) in [5.41, 5.74) is 8.89. The van der Waals surface area contributed by atoms with Crippen molar-refractivity contribution in [3.05, 3.63) is 29.1 Å². The molecule has 2 nitrogen and oxygen atoms in total. The Balaban J connectivity index is 1.97. The molecule has 2 N–H and O–H groups in total. The number of nitrogens with zero attached hydrogens (tertiary/aromatic N) is 1. The number of halogens is 1. The zero-order chi connectivity index (χ0) is 13.6. The number of anilines is 1. The van der Waals surface area contributed by atoms with Gasteiger partial charge in [0.15, 0.2) is 0 Å². The van der Waals surface area contributed by atoms with Gasteiger partial charge in [0, 0.05) is 24.3 Å². The van der Waals surface area contributed by atoms with E-state index in [4.69, 9.17) is 5.73 Å². The Morgan fingerprint density at radius 3 is 2.53 bits per heavy atom. The lowest BCUT2D eigenvalue weighted by Gasteiger charge is -2.29. The summed E-state index contributed by atoms with van der Waals surface area (Å²) >= 11 is 0. The van der Waals surface area contributed by atoms with Crippen molar-refractivity contribution in [3.63, 3.8) is 0 Å². The third-order valence-corrected chi connectivity index (χ3v) is 4.25. The Kier molecular flexibility index (Phi) is 3.25. The van der Waals surface area contributed by atoms with Crippen LogP contribution < -0.4 is 10.6 Å². The highest BCUT2D eigenvalue weighted by atomic mass is 19.1. The first kappa shape index (κ1) is 12.9. The van der Waals surface area contributed by atoms with E-state index in [1.165, 1.54) is 31.4 Å². The molecule has 0 spiro atoms. The summed E-state index contributed by atoms with van der Waals surface area (Å²) < 4.78 is 13.8. The van der Waals surface area contributed by atoms with Crippen molar-refractivity contribution in [1.29, 1.82) is 0 Å². The average molecular weight is 262 g/mol. The molecule has 0 aromatic heterocycles. The third-order valence-electron chi connectivity index (χ3n) is 4.25. The molecule has 0 amide bonds. The first-order chi connectivity index (χ1) is 9.06. The van der Waals surface area contributed by atoms with Crippen LogP contribution in [0, 0.1) is 18.7 Å². The van der Waals surface area contributed by atoms with Crippen LogP contribution >= 0.6 is 0 Å². The minimum atomic E-state index is -0.141. The van der Waals surface area contributed by atoms with Gasteiger partial charge in [-0.25, -0.2) is 4.39 Å². The normalized spacial score (nSPS) is 20.4. The standard InChI is InChI=1S/C16H23FN2/c1-10-7-16(14(11(2)18)8-15(10)17)19(13-5-6-13)9-12-3-4-12/h7-8,11-13H,3-6,9,18H2,1-2H3/t11-/m0/s1. The largest absolute Gasteiger partial charge is 0.368 e. The Bertz CT molecular complexity index is 476. The summed E-state index contributed by atoms with van der Waals surface area (Å²) in [4.78, 5) is 2.49. The van der Waals surface area contributed by atoms with E-state index in [-0.39, 0.29) is 11.9 Å². The molecule has 3 rings (SSSR count). The number of hydrogen-bond donors (Lipinski definition) is 1. The number of rotatable bonds is 5. The van der Waals surface area contributed by atoms with Crippen molar-refractivity contribution in [2.75, 3.05) is 11.4 Å². The molecule has 0 heterocycles. The van der Waals surface area contributed by atoms with E-state index >= 15 is 0 Å². The maximum absolute atomic E-state index is 13.8. The highest BCUT2D eigenvalue weighted by Gasteiger charge is 2.35. The Morgan fingerprint density at radius 2 is 2.00 bits per heavy atom. The van der Waals surface area contributed by atoms with Gasteiger partial charge in [0.1, 0.15) is 5.82 Å². The lowest BCUT2D eigenvalue weighted by atomic mass is 10.0. The zero-order valence-corrected chi connectivity index (χ0v) is 11.8. The van der Waals surface area contributed by atoms with Gasteiger partial charge in [-0.2, -0.15) is 0 Å². The molecule has 1 aromatic rings. The van der Waals surface area contributed by atoms with E-state index in [2.05, 4.69) is 4.90 Å². The van der Waals surface area contributed by atoms with Gasteiger partial charge in [0.25, 0.3) is 0 Å². The number of nitrogens with two attached hydrogens (primary N) is 1. The van der Waals surface area contributed by atoms with Crippen LogP contribution in [-0.2, 0) is 0 Å². The summed E-state index contributed by atoms with van der Waals surface area (Å²) in [5, 5.41) is 0. The topological polar surface area (TPSA) is 29.3 Å². The molecule has 2 aliphatic carbocycles. The van der Waals surface area contributed by atoms with Crippen molar-refractivity contribution in [3.8, 4) is 0 Å². The van der Waals surface area contributed by atoms with Gasteiger partial charge in [-0.05, 0) is 68.7 Å².